The van der Waals surface area contributed by atoms with E-state index < -0.39 is 36.5 Å². The zero-order valence-corrected chi connectivity index (χ0v) is 31.4. The molecule has 298 valence electrons. The second-order valence-corrected chi connectivity index (χ2v) is 13.7. The molecule has 3 atom stereocenters. The van der Waals surface area contributed by atoms with Crippen LogP contribution in [0.25, 0.3) is 0 Å². The highest BCUT2D eigenvalue weighted by Gasteiger charge is 2.38. The van der Waals surface area contributed by atoms with E-state index in [1.54, 1.807) is 30.3 Å². The van der Waals surface area contributed by atoms with Gasteiger partial charge in [-0.05, 0) is 73.3 Å². The van der Waals surface area contributed by atoms with Crippen LogP contribution in [-0.4, -0.2) is 67.9 Å². The van der Waals surface area contributed by atoms with Crippen molar-refractivity contribution in [3.8, 4) is 11.5 Å². The van der Waals surface area contributed by atoms with Crippen LogP contribution in [0.2, 0.25) is 10.0 Å². The van der Waals surface area contributed by atoms with Crippen LogP contribution < -0.4 is 19.5 Å². The molecule has 4 aromatic rings. The van der Waals surface area contributed by atoms with Crippen molar-refractivity contribution in [1.82, 2.24) is 10.2 Å². The Balaban J connectivity index is 0.00000194. The Morgan fingerprint density at radius 3 is 2.36 bits per heavy atom. The van der Waals surface area contributed by atoms with Crippen LogP contribution in [0.3, 0.4) is 0 Å². The molecule has 3 aromatic carbocycles. The Bertz CT molecular complexity index is 1980. The molecule has 3 saturated heterocycles. The minimum atomic E-state index is -3.11. The highest BCUT2D eigenvalue weighted by Crippen LogP contribution is 2.36. The topological polar surface area (TPSA) is 151 Å². The van der Waals surface area contributed by atoms with E-state index in [2.05, 4.69) is 15.0 Å². The van der Waals surface area contributed by atoms with E-state index in [1.165, 1.54) is 43.5 Å². The first-order chi connectivity index (χ1) is 26.9. The first-order valence-electron chi connectivity index (χ1n) is 17.4. The van der Waals surface area contributed by atoms with Crippen molar-refractivity contribution >= 4 is 41.6 Å². The molecular weight excluding hydrogens is 782 g/mol. The highest BCUT2D eigenvalue weighted by atomic mass is 35.5. The van der Waals surface area contributed by atoms with Gasteiger partial charge in [0.25, 0.3) is 6.47 Å². The molecule has 0 saturated carbocycles. The average Bonchev–Trinajstić information content (AvgIpc) is 3.17. The molecule has 2 bridgehead atoms. The molecule has 3 aliphatic heterocycles. The van der Waals surface area contributed by atoms with Crippen LogP contribution in [0, 0.1) is 16.9 Å². The third kappa shape index (κ3) is 10.8. The van der Waals surface area contributed by atoms with Crippen molar-refractivity contribution in [2.45, 2.75) is 50.7 Å². The summed E-state index contributed by atoms with van der Waals surface area (Å²) in [6, 6.07) is 15.4. The summed E-state index contributed by atoms with van der Waals surface area (Å²) < 4.78 is 63.2. The number of carboxylic acid groups (broad SMARTS) is 1. The Kier molecular flexibility index (Phi) is 14.8. The standard InChI is InChI=1S/C38H36Cl2F3N3O7.CH2O2/c1-50-33-16-24(9-10-31(33)53-38(42)43)32(17-27-28(39)19-46(49)20-29(27)40)51-36(47)25-6-4-5-22(15-25)18-44-35(26-7-2-3-8-30(26)41)37(48)52-34-21-45-13-11-23(34)12-14-45;2-1-3/h2-10,15-16,19-20,23,32,34-35,38,44H,11-14,17-18,21H2,1H3;1H,(H,2,3)/t32?,34-,35?;/m0./s1. The fourth-order valence-corrected chi connectivity index (χ4v) is 7.33. The van der Waals surface area contributed by atoms with Crippen molar-refractivity contribution < 1.29 is 56.3 Å². The molecule has 7 rings (SSSR count). The van der Waals surface area contributed by atoms with Gasteiger partial charge >= 0.3 is 18.6 Å². The molecule has 3 fully saturated rings. The van der Waals surface area contributed by atoms with Gasteiger partial charge in [0.05, 0.1) is 12.7 Å². The van der Waals surface area contributed by atoms with Crippen LogP contribution in [0.1, 0.15) is 57.6 Å². The van der Waals surface area contributed by atoms with Crippen molar-refractivity contribution in [2.75, 3.05) is 26.7 Å². The third-order valence-corrected chi connectivity index (χ3v) is 10.1. The third-order valence-electron chi connectivity index (χ3n) is 9.46. The number of nitrogens with one attached hydrogen (secondary N) is 1. The Labute approximate surface area is 330 Å². The number of piperidine rings is 3. The molecule has 3 aliphatic rings. The number of aromatic nitrogens is 1. The number of halogens is 5. The number of carbonyl (C=O) groups is 3. The monoisotopic (exact) mass is 819 g/mol. The number of methoxy groups -OCH3 is 1. The summed E-state index contributed by atoms with van der Waals surface area (Å²) in [5.41, 5.74) is 1.48. The number of ether oxygens (including phenoxy) is 4. The van der Waals surface area contributed by atoms with Gasteiger partial charge in [0.1, 0.15) is 34.1 Å². The molecular formula is C39H38Cl2F3N3O9. The summed E-state index contributed by atoms with van der Waals surface area (Å²) in [5.74, 6) is -1.93. The van der Waals surface area contributed by atoms with Crippen LogP contribution in [0.4, 0.5) is 13.2 Å². The lowest BCUT2D eigenvalue weighted by molar-refractivity contribution is -0.605. The quantitative estimate of drug-likeness (QED) is 0.0607. The Hall–Kier alpha value is -5.09. The Morgan fingerprint density at radius 2 is 1.73 bits per heavy atom. The van der Waals surface area contributed by atoms with Gasteiger partial charge in [-0.15, -0.1) is 0 Å². The van der Waals surface area contributed by atoms with Gasteiger partial charge in [0.15, 0.2) is 23.9 Å². The molecule has 2 N–H and O–H groups in total. The second kappa shape index (κ2) is 19.7. The zero-order chi connectivity index (χ0) is 40.4. The largest absolute Gasteiger partial charge is 0.619 e. The fraction of sp³-hybridized carbons (Fsp3) is 0.333. The number of fused-ring (bicyclic) bond motifs is 3. The summed E-state index contributed by atoms with van der Waals surface area (Å²) >= 11 is 12.7. The van der Waals surface area contributed by atoms with E-state index in [1.807, 2.05) is 0 Å². The summed E-state index contributed by atoms with van der Waals surface area (Å²) in [6.45, 7) is -0.707. The number of benzene rings is 3. The predicted molar refractivity (Wildman–Crippen MR) is 197 cm³/mol. The first kappa shape index (κ1) is 42.1. The van der Waals surface area contributed by atoms with E-state index in [0.717, 1.165) is 38.3 Å². The van der Waals surface area contributed by atoms with Gasteiger partial charge in [0.2, 0.25) is 0 Å². The van der Waals surface area contributed by atoms with E-state index in [0.29, 0.717) is 28.0 Å². The van der Waals surface area contributed by atoms with E-state index in [4.69, 9.17) is 47.3 Å². The van der Waals surface area contributed by atoms with Crippen LogP contribution in [-0.2, 0) is 32.0 Å². The number of hydrogen-bond acceptors (Lipinski definition) is 10. The summed E-state index contributed by atoms with van der Waals surface area (Å²) in [5, 5.41) is 21.9. The summed E-state index contributed by atoms with van der Waals surface area (Å²) in [6.07, 6.45) is 2.60. The summed E-state index contributed by atoms with van der Waals surface area (Å²) in [7, 11) is 1.27. The lowest BCUT2D eigenvalue weighted by atomic mass is 9.86. The van der Waals surface area contributed by atoms with Crippen molar-refractivity contribution in [3.63, 3.8) is 0 Å². The van der Waals surface area contributed by atoms with E-state index in [9.17, 15) is 23.6 Å². The van der Waals surface area contributed by atoms with Gasteiger partial charge in [-0.25, -0.2) is 14.0 Å². The number of rotatable bonds is 14. The van der Waals surface area contributed by atoms with Gasteiger partial charge in [-0.2, -0.15) is 13.5 Å². The van der Waals surface area contributed by atoms with Crippen LogP contribution in [0.5, 0.6) is 11.5 Å². The number of nitrogens with zero attached hydrogens (tertiary/aromatic N) is 2. The van der Waals surface area contributed by atoms with Crippen LogP contribution >= 0.6 is 23.2 Å². The molecule has 0 radical (unpaired) electrons. The number of alkyl halides is 2. The minimum Gasteiger partial charge on any atom is -0.619 e. The lowest BCUT2D eigenvalue weighted by Crippen LogP contribution is -2.52. The van der Waals surface area contributed by atoms with Crippen molar-refractivity contribution in [2.24, 2.45) is 5.92 Å². The average molecular weight is 821 g/mol. The minimum absolute atomic E-state index is 0.0164. The maximum absolute atomic E-state index is 15.0. The molecule has 12 nitrogen and oxygen atoms in total. The molecule has 17 heteroatoms. The van der Waals surface area contributed by atoms with Crippen LogP contribution in [0.15, 0.2) is 79.1 Å². The first-order valence-corrected chi connectivity index (χ1v) is 18.1. The number of esters is 2. The molecule has 4 heterocycles. The lowest BCUT2D eigenvalue weighted by Gasteiger charge is -2.44. The smallest absolute Gasteiger partial charge is 0.387 e. The maximum Gasteiger partial charge on any atom is 0.387 e. The number of pyridine rings is 1. The van der Waals surface area contributed by atoms with E-state index >= 15 is 4.39 Å². The maximum atomic E-state index is 15.0. The van der Waals surface area contributed by atoms with Gasteiger partial charge in [-0.3, -0.25) is 15.0 Å². The van der Waals surface area contributed by atoms with E-state index in [-0.39, 0.29) is 64.1 Å². The van der Waals surface area contributed by atoms with Crippen molar-refractivity contribution in [1.29, 1.82) is 0 Å². The SMILES string of the molecule is COc1cc(C(Cc2c(Cl)c[n+]([O-])cc2Cl)OC(=O)c2cccc(CNC(C(=O)O[C@H]3CN4CCC3CC4)c3ccccc3F)c2)ccc1OC(F)F.O=CO. The molecule has 0 spiro atoms. The second-order valence-electron chi connectivity index (χ2n) is 12.9. The Morgan fingerprint density at radius 1 is 1.04 bits per heavy atom. The van der Waals surface area contributed by atoms with Gasteiger partial charge < -0.3 is 29.3 Å². The number of hydrogen-bond donors (Lipinski definition) is 2. The molecule has 2 unspecified atom stereocenters. The summed E-state index contributed by atoms with van der Waals surface area (Å²) in [4.78, 5) is 37.9. The van der Waals surface area contributed by atoms with Gasteiger partial charge in [0, 0.05) is 30.6 Å². The van der Waals surface area contributed by atoms with Gasteiger partial charge in [-0.1, -0.05) is 59.6 Å². The number of carbonyl (C=O) groups excluding carboxylic acids is 2. The van der Waals surface area contributed by atoms with Crippen molar-refractivity contribution in [3.05, 3.63) is 128 Å². The predicted octanol–water partition coefficient (Wildman–Crippen LogP) is 6.69. The molecule has 56 heavy (non-hydrogen) atoms. The normalized spacial score (nSPS) is 18.2. The molecule has 0 amide bonds. The highest BCUT2D eigenvalue weighted by molar-refractivity contribution is 6.35. The fourth-order valence-electron chi connectivity index (χ4n) is 6.73. The zero-order valence-electron chi connectivity index (χ0n) is 29.9. The molecule has 0 aliphatic carbocycles. The molecule has 1 aromatic heterocycles.